The van der Waals surface area contributed by atoms with Gasteiger partial charge in [0.2, 0.25) is 11.8 Å². The van der Waals surface area contributed by atoms with Gasteiger partial charge in [0.05, 0.1) is 27.4 Å². The SMILES string of the molecule is C.C.C.C.C.C.CC(C)(COP(=O)([O-])OP(=O)([O-])OCC1OC(n2cnc3c(N)ncnc32)C(O)C1OP(=O)([O-])[O-])C(O)C(=O)NCCC(=O)NCCS.[H+]. The van der Waals surface area contributed by atoms with Crippen LogP contribution in [0.3, 0.4) is 0 Å². The van der Waals surface area contributed by atoms with Crippen molar-refractivity contribution in [3.05, 3.63) is 12.7 Å². The van der Waals surface area contributed by atoms with Crippen molar-refractivity contribution in [2.45, 2.75) is 95.5 Å². The Bertz CT molecular complexity index is 1610. The molecule has 3 heterocycles. The van der Waals surface area contributed by atoms with Gasteiger partial charge in [-0.05, 0) is 0 Å². The third kappa shape index (κ3) is 16.5. The number of hydrogen-bond acceptors (Lipinski definition) is 21. The fourth-order valence-electron chi connectivity index (χ4n) is 4.11. The van der Waals surface area contributed by atoms with Gasteiger partial charge in [-0.3, -0.25) is 23.3 Å². The van der Waals surface area contributed by atoms with Crippen LogP contribution in [0.15, 0.2) is 12.7 Å². The molecule has 3 rings (SSSR count). The Labute approximate surface area is 323 Å². The number of aliphatic hydroxyl groups is 2. The smallest absolute Gasteiger partial charge is 0.790 e. The van der Waals surface area contributed by atoms with E-state index < -0.39 is 84.6 Å². The van der Waals surface area contributed by atoms with Crippen LogP contribution in [-0.2, 0) is 45.9 Å². The fraction of sp³-hybridized carbons (Fsp3) is 0.741. The highest BCUT2D eigenvalue weighted by Gasteiger charge is 2.47. The minimum atomic E-state index is -5.88. The maximum atomic E-state index is 12.4. The highest BCUT2D eigenvalue weighted by atomic mass is 32.1. The molecule has 7 unspecified atom stereocenters. The number of rotatable bonds is 18. The standard InChI is InChI=1S/C21H36N7O16P3S.6CH4/c1-21(2,16(31)19(32)24-4-3-12(29)23-5-6-48)8-41-47(38,39)44-46(36,37)40-7-11-15(43-45(33,34)35)14(30)20(42-11)28-10-27-13-17(22)25-9-26-18(13)28;;;;;;/h9-11,14-16,20,30-31,48H,3-8H2,1-2H3,(H,23,29)(H,24,32)(H,36,37)(H,38,39)(H2,22,25,26)(H2,33,34,35);6*1H4/p-3. The summed E-state index contributed by atoms with van der Waals surface area (Å²) in [4.78, 5) is 83.0. The molecule has 0 aliphatic carbocycles. The van der Waals surface area contributed by atoms with Crippen molar-refractivity contribution in [1.29, 1.82) is 0 Å². The van der Waals surface area contributed by atoms with Gasteiger partial charge in [0.25, 0.3) is 15.6 Å². The van der Waals surface area contributed by atoms with Crippen molar-refractivity contribution >= 4 is 64.9 Å². The number of thiol groups is 1. The third-order valence-corrected chi connectivity index (χ3v) is 9.72. The van der Waals surface area contributed by atoms with E-state index in [-0.39, 0.29) is 75.9 Å². The second kappa shape index (κ2) is 23.8. The normalized spacial score (nSPS) is 20.8. The Morgan fingerprint density at radius 3 is 2.20 bits per heavy atom. The summed E-state index contributed by atoms with van der Waals surface area (Å²) in [5.74, 6) is -1.05. The fourth-order valence-corrected chi connectivity index (χ4v) is 6.96. The largest absolute Gasteiger partial charge is 1.00 e. The molecule has 2 amide bonds. The van der Waals surface area contributed by atoms with Crippen LogP contribution in [0.2, 0.25) is 0 Å². The summed E-state index contributed by atoms with van der Waals surface area (Å²) >= 11 is 3.94. The predicted molar refractivity (Wildman–Crippen MR) is 196 cm³/mol. The van der Waals surface area contributed by atoms with Gasteiger partial charge in [-0.1, -0.05) is 58.4 Å². The molecule has 320 valence electrons. The van der Waals surface area contributed by atoms with Crippen LogP contribution in [0.5, 0.6) is 0 Å². The first-order valence-electron chi connectivity index (χ1n) is 13.6. The number of phosphoric ester groups is 3. The molecule has 0 saturated carbocycles. The number of hydrogen-bond donors (Lipinski definition) is 6. The monoisotopic (exact) mass is 860 g/mol. The van der Waals surface area contributed by atoms with Crippen molar-refractivity contribution in [2.75, 3.05) is 37.8 Å². The van der Waals surface area contributed by atoms with Gasteiger partial charge in [-0.2, -0.15) is 12.6 Å². The average Bonchev–Trinajstić information content (AvgIpc) is 3.54. The van der Waals surface area contributed by atoms with E-state index >= 15 is 0 Å². The first-order valence-corrected chi connectivity index (χ1v) is 18.6. The van der Waals surface area contributed by atoms with Gasteiger partial charge in [-0.25, -0.2) is 19.3 Å². The number of fused-ring (bicyclic) bond motifs is 1. The molecule has 0 radical (unpaired) electrons. The van der Waals surface area contributed by atoms with Crippen molar-refractivity contribution in [3.63, 3.8) is 0 Å². The predicted octanol–water partition coefficient (Wildman–Crippen LogP) is -0.264. The van der Waals surface area contributed by atoms with E-state index in [1.165, 1.54) is 13.8 Å². The lowest BCUT2D eigenvalue weighted by Gasteiger charge is -2.36. The Kier molecular flexibility index (Phi) is 25.9. The molecule has 2 aromatic rings. The van der Waals surface area contributed by atoms with Crippen LogP contribution < -0.4 is 35.9 Å². The highest BCUT2D eigenvalue weighted by Crippen LogP contribution is 2.56. The van der Waals surface area contributed by atoms with Gasteiger partial charge in [0.15, 0.2) is 17.7 Å². The molecule has 2 aromatic heterocycles. The minimum Gasteiger partial charge on any atom is -0.790 e. The zero-order chi connectivity index (χ0) is 36.1. The molecular formula is C27H57N7O16P3S-3. The third-order valence-electron chi connectivity index (χ3n) is 6.49. The van der Waals surface area contributed by atoms with Crippen LogP contribution in [0.25, 0.3) is 11.2 Å². The topological polar surface area (TPSA) is 358 Å². The molecule has 1 aliphatic heterocycles. The molecular weight excluding hydrogens is 803 g/mol. The summed E-state index contributed by atoms with van der Waals surface area (Å²) in [7, 11) is -17.5. The van der Waals surface area contributed by atoms with E-state index in [4.69, 9.17) is 10.5 Å². The molecule has 0 aromatic carbocycles. The van der Waals surface area contributed by atoms with Gasteiger partial charge in [0, 0.05) is 30.7 Å². The van der Waals surface area contributed by atoms with E-state index in [1.54, 1.807) is 0 Å². The summed E-state index contributed by atoms with van der Waals surface area (Å²) in [6.45, 7) is 0.324. The van der Waals surface area contributed by atoms with Crippen LogP contribution in [-0.4, -0.2) is 98.0 Å². The van der Waals surface area contributed by atoms with E-state index in [1.807, 2.05) is 0 Å². The summed E-state index contributed by atoms with van der Waals surface area (Å²) in [5, 5.41) is 25.9. The number of nitrogens with two attached hydrogens (primary N) is 1. The number of imidazole rings is 1. The molecule has 23 nitrogen and oxygen atoms in total. The van der Waals surface area contributed by atoms with Crippen molar-refractivity contribution in [2.24, 2.45) is 5.41 Å². The number of aromatic nitrogens is 4. The second-order valence-corrected chi connectivity index (χ2v) is 15.2. The molecule has 1 aliphatic rings. The van der Waals surface area contributed by atoms with E-state index in [0.717, 1.165) is 17.2 Å². The van der Waals surface area contributed by atoms with E-state index in [9.17, 15) is 53.1 Å². The summed E-state index contributed by atoms with van der Waals surface area (Å²) in [6, 6.07) is 0. The van der Waals surface area contributed by atoms with Crippen LogP contribution >= 0.6 is 36.1 Å². The molecule has 0 spiro atoms. The van der Waals surface area contributed by atoms with Crippen LogP contribution in [0, 0.1) is 5.41 Å². The number of ether oxygens (including phenoxy) is 1. The zero-order valence-electron chi connectivity index (χ0n) is 26.0. The van der Waals surface area contributed by atoms with E-state index in [2.05, 4.69) is 56.1 Å². The summed E-state index contributed by atoms with van der Waals surface area (Å²) in [5.41, 5.74) is 4.10. The first kappa shape index (κ1) is 58.6. The van der Waals surface area contributed by atoms with Crippen LogP contribution in [0.4, 0.5) is 5.82 Å². The average molecular weight is 861 g/mol. The number of amides is 2. The molecule has 27 heteroatoms. The lowest BCUT2D eigenvalue weighted by Crippen LogP contribution is -2.46. The zero-order valence-corrected chi connectivity index (χ0v) is 28.6. The molecule has 54 heavy (non-hydrogen) atoms. The van der Waals surface area contributed by atoms with Crippen LogP contribution in [0.1, 0.15) is 72.5 Å². The number of nitrogen functional groups attached to an aromatic ring is 1. The van der Waals surface area contributed by atoms with Crippen molar-refractivity contribution in [1.82, 2.24) is 30.2 Å². The highest BCUT2D eigenvalue weighted by molar-refractivity contribution is 7.80. The first-order chi connectivity index (χ1) is 22.2. The van der Waals surface area contributed by atoms with Crippen molar-refractivity contribution < 1.29 is 77.1 Å². The molecule has 7 atom stereocenters. The van der Waals surface area contributed by atoms with Crippen molar-refractivity contribution in [3.8, 4) is 0 Å². The quantitative estimate of drug-likeness (QED) is 0.0830. The number of phosphoric acid groups is 3. The summed E-state index contributed by atoms with van der Waals surface area (Å²) < 4.78 is 60.1. The van der Waals surface area contributed by atoms with Gasteiger partial charge < -0.3 is 69.0 Å². The summed E-state index contributed by atoms with van der Waals surface area (Å²) in [6.07, 6.45) is -7.41. The number of carbonyl (C=O) groups is 2. The Hall–Kier alpha value is -2.11. The molecule has 1 fully saturated rings. The Morgan fingerprint density at radius 2 is 1.63 bits per heavy atom. The second-order valence-electron chi connectivity index (χ2n) is 10.7. The van der Waals surface area contributed by atoms with E-state index in [0.29, 0.717) is 12.3 Å². The lowest BCUT2D eigenvalue weighted by atomic mass is 9.87. The number of nitrogens with zero attached hydrogens (tertiary/aromatic N) is 4. The number of carbonyl (C=O) groups excluding carboxylic acids is 2. The van der Waals surface area contributed by atoms with Gasteiger partial charge >= 0.3 is 1.43 Å². The van der Waals surface area contributed by atoms with Gasteiger partial charge in [0.1, 0.15) is 36.3 Å². The minimum absolute atomic E-state index is 0. The molecule has 6 N–H and O–H groups in total. The Balaban J connectivity index is -0.00000119. The maximum absolute atomic E-state index is 12.4. The molecule has 0 bridgehead atoms. The lowest BCUT2D eigenvalue weighted by molar-refractivity contribution is -0.347. The molecule has 1 saturated heterocycles. The number of nitrogens with one attached hydrogen (secondary N) is 2. The maximum Gasteiger partial charge on any atom is 1.00 e. The number of anilines is 1. The van der Waals surface area contributed by atoms with Gasteiger partial charge in [-0.15, -0.1) is 0 Å². The number of aliphatic hydroxyl groups excluding tert-OH is 2. The Morgan fingerprint density at radius 1 is 1.04 bits per heavy atom.